The van der Waals surface area contributed by atoms with Crippen molar-refractivity contribution in [3.63, 3.8) is 0 Å². The van der Waals surface area contributed by atoms with E-state index in [2.05, 4.69) is 4.84 Å². The van der Waals surface area contributed by atoms with Gasteiger partial charge in [0.15, 0.2) is 0 Å². The quantitative estimate of drug-likeness (QED) is 0.0531. The van der Waals surface area contributed by atoms with Crippen LogP contribution in [0.5, 0.6) is 0 Å². The molecule has 0 fully saturated rings. The first-order valence-corrected chi connectivity index (χ1v) is 18.2. The van der Waals surface area contributed by atoms with Crippen molar-refractivity contribution in [1.29, 1.82) is 0 Å². The van der Waals surface area contributed by atoms with Crippen molar-refractivity contribution in [2.24, 2.45) is 0 Å². The second-order valence-electron chi connectivity index (χ2n) is 11.0. The van der Waals surface area contributed by atoms with Gasteiger partial charge in [0.1, 0.15) is 0 Å². The zero-order valence-corrected chi connectivity index (χ0v) is 31.4. The first-order chi connectivity index (χ1) is 27.0. The van der Waals surface area contributed by atoms with E-state index in [1.807, 2.05) is 0 Å². The van der Waals surface area contributed by atoms with Crippen molar-refractivity contribution in [3.05, 3.63) is 24.3 Å². The van der Waals surface area contributed by atoms with Crippen LogP contribution in [-0.4, -0.2) is 205 Å². The maximum absolute atomic E-state index is 11.6. The molecule has 0 N–H and O–H groups in total. The van der Waals surface area contributed by atoms with Crippen LogP contribution in [0.3, 0.4) is 0 Å². The maximum Gasteiger partial charge on any atom is 0.335 e. The van der Waals surface area contributed by atoms with Gasteiger partial charge in [0, 0.05) is 24.3 Å². The Morgan fingerprint density at radius 2 is 0.582 bits per heavy atom. The molecule has 0 radical (unpaired) electrons. The summed E-state index contributed by atoms with van der Waals surface area (Å²) in [6.07, 6.45) is 4.43. The van der Waals surface area contributed by atoms with E-state index in [1.165, 1.54) is 12.2 Å². The van der Waals surface area contributed by atoms with E-state index in [9.17, 15) is 24.0 Å². The van der Waals surface area contributed by atoms with E-state index >= 15 is 0 Å². The van der Waals surface area contributed by atoms with Gasteiger partial charge in [-0.05, 0) is 0 Å². The summed E-state index contributed by atoms with van der Waals surface area (Å²) in [7, 11) is 0. The van der Waals surface area contributed by atoms with Crippen LogP contribution < -0.4 is 0 Å². The molecule has 2 aliphatic heterocycles. The average molecular weight is 793 g/mol. The van der Waals surface area contributed by atoms with Crippen LogP contribution in [-0.2, 0) is 85.7 Å². The molecule has 2 aliphatic rings. The summed E-state index contributed by atoms with van der Waals surface area (Å²) < 4.78 is 65.0. The third kappa shape index (κ3) is 26.3. The van der Waals surface area contributed by atoms with Crippen molar-refractivity contribution in [1.82, 2.24) is 9.96 Å². The molecule has 0 atom stereocenters. The zero-order chi connectivity index (χ0) is 39.4. The maximum atomic E-state index is 11.6. The van der Waals surface area contributed by atoms with Gasteiger partial charge < -0.3 is 61.7 Å². The number of carbonyl (C=O) groups excluding carboxylic acids is 5. The second-order valence-corrected chi connectivity index (χ2v) is 11.0. The highest BCUT2D eigenvalue weighted by Gasteiger charge is 2.27. The fourth-order valence-electron chi connectivity index (χ4n) is 4.11. The van der Waals surface area contributed by atoms with Crippen molar-refractivity contribution < 1.29 is 85.7 Å². The molecule has 0 bridgehead atoms. The molecule has 0 aromatic carbocycles. The second kappa shape index (κ2) is 34.0. The molecule has 2 rings (SSSR count). The SMILES string of the molecule is O=C(CCOCCOCCOCCOCCOCCOCCOCCOCCOCCOCCOCCOCCN1C(=O)C=CC1=O)ON1C(=O)C=CC1=O. The van der Waals surface area contributed by atoms with Gasteiger partial charge in [-0.25, -0.2) is 4.79 Å². The van der Waals surface area contributed by atoms with Gasteiger partial charge in [-0.15, -0.1) is 0 Å². The highest BCUT2D eigenvalue weighted by molar-refractivity contribution is 6.13. The van der Waals surface area contributed by atoms with Crippen LogP contribution >= 0.6 is 0 Å². The van der Waals surface area contributed by atoms with Gasteiger partial charge in [-0.3, -0.25) is 24.1 Å². The van der Waals surface area contributed by atoms with Crippen molar-refractivity contribution in [2.45, 2.75) is 6.42 Å². The Kier molecular flexibility index (Phi) is 29.6. The minimum Gasteiger partial charge on any atom is -0.378 e. The van der Waals surface area contributed by atoms with E-state index in [0.29, 0.717) is 144 Å². The van der Waals surface area contributed by atoms with Crippen molar-refractivity contribution in [2.75, 3.05) is 165 Å². The Balaban J connectivity index is 1.14. The van der Waals surface area contributed by atoms with Crippen LogP contribution in [0.15, 0.2) is 24.3 Å². The lowest BCUT2D eigenvalue weighted by Gasteiger charge is -2.13. The summed E-state index contributed by atoms with van der Waals surface area (Å²) in [6.45, 7) is 9.87. The third-order valence-corrected chi connectivity index (χ3v) is 6.86. The van der Waals surface area contributed by atoms with E-state index in [1.54, 1.807) is 0 Å². The highest BCUT2D eigenvalue weighted by atomic mass is 16.7. The molecule has 0 aromatic rings. The van der Waals surface area contributed by atoms with Gasteiger partial charge in [-0.1, -0.05) is 5.06 Å². The number of hydrogen-bond acceptors (Lipinski definition) is 18. The lowest BCUT2D eigenvalue weighted by Crippen LogP contribution is -2.33. The Morgan fingerprint density at radius 3 is 0.873 bits per heavy atom. The van der Waals surface area contributed by atoms with Crippen molar-refractivity contribution in [3.8, 4) is 0 Å². The molecule has 0 aromatic heterocycles. The van der Waals surface area contributed by atoms with Crippen LogP contribution in [0.25, 0.3) is 0 Å². The van der Waals surface area contributed by atoms with Gasteiger partial charge in [0.05, 0.1) is 172 Å². The van der Waals surface area contributed by atoms with E-state index < -0.39 is 17.8 Å². The predicted octanol–water partition coefficient (Wildman–Crippen LogP) is -1.12. The van der Waals surface area contributed by atoms with Crippen LogP contribution in [0.4, 0.5) is 0 Å². The molecule has 0 saturated carbocycles. The predicted molar refractivity (Wildman–Crippen MR) is 187 cm³/mol. The number of ether oxygens (including phenoxy) is 12. The summed E-state index contributed by atoms with van der Waals surface area (Å²) in [5, 5.41) is 0.403. The molecule has 20 nitrogen and oxygen atoms in total. The molecule has 55 heavy (non-hydrogen) atoms. The number of hydrogen-bond donors (Lipinski definition) is 0. The van der Waals surface area contributed by atoms with E-state index in [4.69, 9.17) is 56.8 Å². The molecule has 2 heterocycles. The molecular weight excluding hydrogens is 736 g/mol. The fourth-order valence-corrected chi connectivity index (χ4v) is 4.11. The summed E-state index contributed by atoms with van der Waals surface area (Å²) in [5.41, 5.74) is 0. The summed E-state index contributed by atoms with van der Waals surface area (Å²) in [4.78, 5) is 62.9. The molecule has 0 aliphatic carbocycles. The topological polar surface area (TPSA) is 212 Å². The first kappa shape index (κ1) is 47.9. The van der Waals surface area contributed by atoms with Crippen LogP contribution in [0.2, 0.25) is 0 Å². The number of nitrogens with zero attached hydrogens (tertiary/aromatic N) is 2. The highest BCUT2D eigenvalue weighted by Crippen LogP contribution is 2.05. The molecule has 314 valence electrons. The number of carbonyl (C=O) groups is 5. The zero-order valence-electron chi connectivity index (χ0n) is 31.4. The number of rotatable bonds is 40. The molecule has 0 saturated heterocycles. The van der Waals surface area contributed by atoms with E-state index in [-0.39, 0.29) is 44.6 Å². The smallest absolute Gasteiger partial charge is 0.335 e. The summed E-state index contributed by atoms with van der Waals surface area (Å²) in [6, 6.07) is 0. The fraction of sp³-hybridized carbons (Fsp3) is 0.743. The van der Waals surface area contributed by atoms with Gasteiger partial charge in [0.2, 0.25) is 0 Å². The number of amides is 4. The summed E-state index contributed by atoms with van der Waals surface area (Å²) in [5.74, 6) is -2.77. The number of imide groups is 2. The van der Waals surface area contributed by atoms with Gasteiger partial charge in [-0.2, -0.15) is 0 Å². The van der Waals surface area contributed by atoms with Crippen LogP contribution in [0, 0.1) is 0 Å². The first-order valence-electron chi connectivity index (χ1n) is 18.2. The Hall–Kier alpha value is -3.25. The van der Waals surface area contributed by atoms with Gasteiger partial charge >= 0.3 is 5.97 Å². The third-order valence-electron chi connectivity index (χ3n) is 6.86. The molecule has 20 heteroatoms. The Bertz CT molecular complexity index is 1090. The minimum absolute atomic E-state index is 0.0679. The molecule has 4 amide bonds. The monoisotopic (exact) mass is 792 g/mol. The average Bonchev–Trinajstić information content (AvgIpc) is 3.67. The lowest BCUT2D eigenvalue weighted by atomic mass is 10.5. The lowest BCUT2D eigenvalue weighted by molar-refractivity contribution is -0.196. The standard InChI is InChI=1S/C35H56N2O18/c38-31-1-2-32(39)36(31)6-8-44-10-12-46-14-16-48-18-20-50-22-24-52-26-28-54-30-29-53-27-25-51-23-21-49-19-17-47-15-13-45-11-9-43-7-5-35(42)55-37-33(40)3-4-34(37)41/h1-4H,5-30H2. The van der Waals surface area contributed by atoms with E-state index in [0.717, 1.165) is 17.1 Å². The Morgan fingerprint density at radius 1 is 0.345 bits per heavy atom. The van der Waals surface area contributed by atoms with Crippen molar-refractivity contribution >= 4 is 29.6 Å². The largest absolute Gasteiger partial charge is 0.378 e. The Labute approximate surface area is 321 Å². The normalized spacial score (nSPS) is 14.0. The number of hydroxylamine groups is 2. The summed E-state index contributed by atoms with van der Waals surface area (Å²) >= 11 is 0. The van der Waals surface area contributed by atoms with Gasteiger partial charge in [0.25, 0.3) is 23.6 Å². The minimum atomic E-state index is -0.745. The molecular formula is C35H56N2O18. The van der Waals surface area contributed by atoms with Crippen LogP contribution in [0.1, 0.15) is 6.42 Å². The molecule has 0 unspecified atom stereocenters. The molecule has 0 spiro atoms.